The number of carbonyl (C=O) groups is 1. The van der Waals surface area contributed by atoms with Crippen LogP contribution in [0.1, 0.15) is 42.5 Å². The van der Waals surface area contributed by atoms with Gasteiger partial charge in [-0.2, -0.15) is 5.26 Å². The third kappa shape index (κ3) is 3.07. The van der Waals surface area contributed by atoms with Crippen molar-refractivity contribution < 1.29 is 14.6 Å². The van der Waals surface area contributed by atoms with Crippen molar-refractivity contribution in [2.24, 2.45) is 7.05 Å². The summed E-state index contributed by atoms with van der Waals surface area (Å²) in [4.78, 5) is 11.7. The van der Waals surface area contributed by atoms with Gasteiger partial charge in [-0.3, -0.25) is 0 Å². The van der Waals surface area contributed by atoms with Gasteiger partial charge in [0.25, 0.3) is 0 Å². The summed E-state index contributed by atoms with van der Waals surface area (Å²) in [6, 6.07) is 9.33. The minimum Gasteiger partial charge on any atom is -0.491 e. The Labute approximate surface area is 135 Å². The van der Waals surface area contributed by atoms with Crippen LogP contribution in [0.5, 0.6) is 5.75 Å². The molecule has 120 valence electrons. The van der Waals surface area contributed by atoms with Gasteiger partial charge in [0.05, 0.1) is 11.7 Å². The molecule has 1 aromatic heterocycles. The summed E-state index contributed by atoms with van der Waals surface area (Å²) in [6.45, 7) is 5.79. The summed E-state index contributed by atoms with van der Waals surface area (Å²) in [5, 5.41) is 19.1. The van der Waals surface area contributed by atoms with E-state index in [2.05, 4.69) is 6.07 Å². The highest BCUT2D eigenvalue weighted by atomic mass is 16.5. The lowest BCUT2D eigenvalue weighted by Gasteiger charge is -2.10. The SMILES string of the molecule is CCc1c(C#N)c(-c2ccc(OC(C)C)cc2)c(C(=O)O)n1C. The second-order valence-electron chi connectivity index (χ2n) is 5.57. The molecule has 0 bridgehead atoms. The Balaban J connectivity index is 2.63. The van der Waals surface area contributed by atoms with Crippen LogP contribution in [0.15, 0.2) is 24.3 Å². The minimum absolute atomic E-state index is 0.0634. The van der Waals surface area contributed by atoms with Crippen molar-refractivity contribution in [1.82, 2.24) is 4.57 Å². The summed E-state index contributed by atoms with van der Waals surface area (Å²) >= 11 is 0. The summed E-state index contributed by atoms with van der Waals surface area (Å²) in [5.41, 5.74) is 2.45. The van der Waals surface area contributed by atoms with E-state index >= 15 is 0 Å². The van der Waals surface area contributed by atoms with Crippen LogP contribution >= 0.6 is 0 Å². The van der Waals surface area contributed by atoms with Gasteiger partial charge in [0, 0.05) is 18.3 Å². The number of hydrogen-bond donors (Lipinski definition) is 1. The Morgan fingerprint density at radius 2 is 1.96 bits per heavy atom. The Kier molecular flexibility index (Phi) is 4.75. The largest absolute Gasteiger partial charge is 0.491 e. The second-order valence-corrected chi connectivity index (χ2v) is 5.57. The van der Waals surface area contributed by atoms with Crippen molar-refractivity contribution >= 4 is 5.97 Å². The van der Waals surface area contributed by atoms with Gasteiger partial charge in [0.1, 0.15) is 17.5 Å². The summed E-state index contributed by atoms with van der Waals surface area (Å²) in [6.07, 6.45) is 0.655. The monoisotopic (exact) mass is 312 g/mol. The van der Waals surface area contributed by atoms with Crippen LogP contribution in [-0.2, 0) is 13.5 Å². The maximum atomic E-state index is 11.7. The predicted octanol–water partition coefficient (Wildman–Crippen LogP) is 3.61. The highest BCUT2D eigenvalue weighted by molar-refractivity contribution is 5.97. The van der Waals surface area contributed by atoms with Gasteiger partial charge in [0.15, 0.2) is 0 Å². The molecule has 1 aromatic carbocycles. The number of rotatable bonds is 5. The van der Waals surface area contributed by atoms with Gasteiger partial charge in [-0.05, 0) is 38.0 Å². The van der Waals surface area contributed by atoms with Crippen molar-refractivity contribution in [3.63, 3.8) is 0 Å². The molecule has 2 rings (SSSR count). The fraction of sp³-hybridized carbons (Fsp3) is 0.333. The van der Waals surface area contributed by atoms with E-state index in [0.29, 0.717) is 28.9 Å². The molecule has 1 N–H and O–H groups in total. The van der Waals surface area contributed by atoms with E-state index in [1.54, 1.807) is 35.9 Å². The van der Waals surface area contributed by atoms with Crippen LogP contribution in [0.4, 0.5) is 0 Å². The van der Waals surface area contributed by atoms with Crippen molar-refractivity contribution in [1.29, 1.82) is 5.26 Å². The zero-order valence-electron chi connectivity index (χ0n) is 13.8. The van der Waals surface area contributed by atoms with Crippen LogP contribution in [-0.4, -0.2) is 21.7 Å². The molecule has 0 saturated carbocycles. The number of benzene rings is 1. The molecule has 23 heavy (non-hydrogen) atoms. The maximum Gasteiger partial charge on any atom is 0.353 e. The molecular weight excluding hydrogens is 292 g/mol. The zero-order valence-corrected chi connectivity index (χ0v) is 13.8. The fourth-order valence-corrected chi connectivity index (χ4v) is 2.77. The van der Waals surface area contributed by atoms with Gasteiger partial charge in [-0.1, -0.05) is 19.1 Å². The lowest BCUT2D eigenvalue weighted by atomic mass is 10.00. The molecule has 0 aliphatic carbocycles. The average molecular weight is 312 g/mol. The van der Waals surface area contributed by atoms with Gasteiger partial charge in [-0.25, -0.2) is 4.79 Å². The molecule has 1 heterocycles. The van der Waals surface area contributed by atoms with Crippen LogP contribution in [0.3, 0.4) is 0 Å². The van der Waals surface area contributed by atoms with Crippen LogP contribution in [0.25, 0.3) is 11.1 Å². The van der Waals surface area contributed by atoms with E-state index in [1.807, 2.05) is 20.8 Å². The van der Waals surface area contributed by atoms with Gasteiger partial charge < -0.3 is 14.4 Å². The molecule has 0 spiro atoms. The van der Waals surface area contributed by atoms with E-state index in [0.717, 1.165) is 5.69 Å². The Morgan fingerprint density at radius 3 is 2.39 bits per heavy atom. The normalized spacial score (nSPS) is 10.6. The topological polar surface area (TPSA) is 75.2 Å². The molecule has 0 fully saturated rings. The number of carboxylic acids is 1. The van der Waals surface area contributed by atoms with E-state index < -0.39 is 5.97 Å². The molecule has 5 nitrogen and oxygen atoms in total. The molecule has 0 unspecified atom stereocenters. The van der Waals surface area contributed by atoms with Crippen molar-refractivity contribution in [3.8, 4) is 22.9 Å². The Hall–Kier alpha value is -2.74. The molecule has 5 heteroatoms. The van der Waals surface area contributed by atoms with E-state index in [9.17, 15) is 15.2 Å². The molecule has 0 saturated heterocycles. The van der Waals surface area contributed by atoms with Crippen LogP contribution in [0.2, 0.25) is 0 Å². The van der Waals surface area contributed by atoms with Gasteiger partial charge in [0.2, 0.25) is 0 Å². The third-order valence-corrected chi connectivity index (χ3v) is 3.68. The van der Waals surface area contributed by atoms with Crippen molar-refractivity contribution in [2.75, 3.05) is 0 Å². The molecule has 0 radical (unpaired) electrons. The standard InChI is InChI=1S/C18H20N2O3/c1-5-15-14(10-19)16(17(18(21)22)20(15)4)12-6-8-13(9-7-12)23-11(2)3/h6-9,11H,5H2,1-4H3,(H,21,22). The highest BCUT2D eigenvalue weighted by Gasteiger charge is 2.25. The third-order valence-electron chi connectivity index (χ3n) is 3.68. The average Bonchev–Trinajstić information content (AvgIpc) is 2.79. The summed E-state index contributed by atoms with van der Waals surface area (Å²) < 4.78 is 7.19. The number of carboxylic acid groups (broad SMARTS) is 1. The number of nitriles is 1. The number of aromatic carboxylic acids is 1. The van der Waals surface area contributed by atoms with E-state index in [-0.39, 0.29) is 11.8 Å². The highest BCUT2D eigenvalue weighted by Crippen LogP contribution is 2.33. The van der Waals surface area contributed by atoms with Gasteiger partial charge >= 0.3 is 5.97 Å². The lowest BCUT2D eigenvalue weighted by Crippen LogP contribution is -2.07. The van der Waals surface area contributed by atoms with Crippen LogP contribution in [0, 0.1) is 11.3 Å². The lowest BCUT2D eigenvalue weighted by molar-refractivity contribution is 0.0687. The van der Waals surface area contributed by atoms with E-state index in [1.165, 1.54) is 0 Å². The Morgan fingerprint density at radius 1 is 1.35 bits per heavy atom. The molecule has 0 aliphatic heterocycles. The minimum atomic E-state index is -1.04. The van der Waals surface area contributed by atoms with E-state index in [4.69, 9.17) is 4.74 Å². The van der Waals surface area contributed by atoms with Crippen LogP contribution < -0.4 is 4.74 Å². The van der Waals surface area contributed by atoms with Crippen molar-refractivity contribution in [2.45, 2.75) is 33.3 Å². The molecule has 0 amide bonds. The first kappa shape index (κ1) is 16.6. The summed E-state index contributed by atoms with van der Waals surface area (Å²) in [5.74, 6) is -0.327. The number of hydrogen-bond acceptors (Lipinski definition) is 3. The predicted molar refractivity (Wildman–Crippen MR) is 87.7 cm³/mol. The second kappa shape index (κ2) is 6.57. The quantitative estimate of drug-likeness (QED) is 0.915. The summed E-state index contributed by atoms with van der Waals surface area (Å²) in [7, 11) is 1.68. The number of ether oxygens (including phenoxy) is 1. The molecule has 0 aliphatic rings. The molecule has 0 atom stereocenters. The Bertz CT molecular complexity index is 765. The smallest absolute Gasteiger partial charge is 0.353 e. The number of nitrogens with zero attached hydrogens (tertiary/aromatic N) is 2. The first-order chi connectivity index (χ1) is 10.9. The first-order valence-electron chi connectivity index (χ1n) is 7.52. The molecular formula is C18H20N2O3. The number of aromatic nitrogens is 1. The fourth-order valence-electron chi connectivity index (χ4n) is 2.77. The van der Waals surface area contributed by atoms with Crippen molar-refractivity contribution in [3.05, 3.63) is 41.2 Å². The molecule has 2 aromatic rings. The zero-order chi connectivity index (χ0) is 17.1. The maximum absolute atomic E-state index is 11.7. The first-order valence-corrected chi connectivity index (χ1v) is 7.52. The van der Waals surface area contributed by atoms with Gasteiger partial charge in [-0.15, -0.1) is 0 Å².